The number of furan rings is 1. The van der Waals surface area contributed by atoms with Gasteiger partial charge in [-0.3, -0.25) is 9.69 Å². The molecule has 3 aromatic rings. The van der Waals surface area contributed by atoms with Crippen molar-refractivity contribution in [3.63, 3.8) is 0 Å². The Labute approximate surface area is 166 Å². The maximum absolute atomic E-state index is 12.6. The van der Waals surface area contributed by atoms with Gasteiger partial charge in [-0.05, 0) is 25.1 Å². The van der Waals surface area contributed by atoms with Gasteiger partial charge in [0.2, 0.25) is 23.2 Å². The second-order valence-electron chi connectivity index (χ2n) is 6.17. The average Bonchev–Trinajstić information content (AvgIpc) is 3.06. The molecule has 8 heteroatoms. The van der Waals surface area contributed by atoms with Gasteiger partial charge >= 0.3 is 0 Å². The Bertz CT molecular complexity index is 1050. The van der Waals surface area contributed by atoms with Crippen LogP contribution in [0.2, 0.25) is 0 Å². The largest absolute Gasteiger partial charge is 0.460 e. The first-order chi connectivity index (χ1) is 13.6. The van der Waals surface area contributed by atoms with Crippen molar-refractivity contribution in [2.75, 3.05) is 10.7 Å². The summed E-state index contributed by atoms with van der Waals surface area (Å²) in [5.41, 5.74) is 1.87. The van der Waals surface area contributed by atoms with Crippen molar-refractivity contribution < 1.29 is 13.9 Å². The Balaban J connectivity index is 1.91. The molecule has 1 aliphatic rings. The monoisotopic (exact) mass is 394 g/mol. The number of thioether (sulfide) groups is 1. The first kappa shape index (κ1) is 18.2. The molecule has 0 saturated carbocycles. The van der Waals surface area contributed by atoms with Crippen molar-refractivity contribution in [1.82, 2.24) is 15.2 Å². The average molecular weight is 394 g/mol. The molecule has 1 aliphatic heterocycles. The van der Waals surface area contributed by atoms with E-state index in [0.29, 0.717) is 33.9 Å². The number of rotatable bonds is 4. The fourth-order valence-electron chi connectivity index (χ4n) is 3.02. The topological polar surface area (TPSA) is 81.3 Å². The van der Waals surface area contributed by atoms with Crippen LogP contribution in [-0.2, 0) is 4.79 Å². The summed E-state index contributed by atoms with van der Waals surface area (Å²) in [6, 6.07) is 11.1. The zero-order valence-electron chi connectivity index (χ0n) is 15.5. The summed E-state index contributed by atoms with van der Waals surface area (Å²) in [5.74, 6) is 2.00. The number of ether oxygens (including phenoxy) is 1. The van der Waals surface area contributed by atoms with Gasteiger partial charge in [-0.15, -0.1) is 16.8 Å². The summed E-state index contributed by atoms with van der Waals surface area (Å²) in [5, 5.41) is 9.00. The number of carbonyl (C=O) groups is 1. The molecule has 0 bridgehead atoms. The second-order valence-corrected chi connectivity index (χ2v) is 7.16. The van der Waals surface area contributed by atoms with Crippen LogP contribution in [0, 0.1) is 6.92 Å². The summed E-state index contributed by atoms with van der Waals surface area (Å²) in [4.78, 5) is 18.7. The molecule has 0 aliphatic carbocycles. The van der Waals surface area contributed by atoms with Crippen molar-refractivity contribution in [3.05, 3.63) is 60.6 Å². The Hall–Kier alpha value is -3.13. The minimum atomic E-state index is -0.803. The fraction of sp³-hybridized carbons (Fsp3) is 0.200. The van der Waals surface area contributed by atoms with Gasteiger partial charge in [-0.2, -0.15) is 4.98 Å². The normalized spacial score (nSPS) is 15.2. The lowest BCUT2D eigenvalue weighted by atomic mass is 10.1. The molecule has 142 valence electrons. The molecule has 4 rings (SSSR count). The molecule has 28 heavy (non-hydrogen) atoms. The lowest BCUT2D eigenvalue weighted by molar-refractivity contribution is -0.118. The van der Waals surface area contributed by atoms with Crippen LogP contribution in [0.3, 0.4) is 0 Å². The third-order valence-electron chi connectivity index (χ3n) is 4.19. The van der Waals surface area contributed by atoms with E-state index in [1.54, 1.807) is 17.0 Å². The van der Waals surface area contributed by atoms with E-state index in [2.05, 4.69) is 21.8 Å². The van der Waals surface area contributed by atoms with Gasteiger partial charge in [0.1, 0.15) is 5.76 Å². The van der Waals surface area contributed by atoms with Gasteiger partial charge in [-0.25, -0.2) is 0 Å². The minimum absolute atomic E-state index is 0.187. The third-order valence-corrected chi connectivity index (χ3v) is 5.02. The number of hydrogen-bond donors (Lipinski definition) is 0. The third kappa shape index (κ3) is 3.27. The van der Waals surface area contributed by atoms with Crippen LogP contribution in [0.25, 0.3) is 11.3 Å². The SMILES string of the molecule is C=CCSc1nnc2c(n1)O[C@@H](c1ccc(C)o1)N(C(C)=O)c1ccccc1-2. The number of anilines is 1. The Morgan fingerprint density at radius 1 is 1.29 bits per heavy atom. The molecule has 1 aromatic carbocycles. The van der Waals surface area contributed by atoms with Crippen molar-refractivity contribution in [2.24, 2.45) is 0 Å². The number of nitrogens with zero attached hydrogens (tertiary/aromatic N) is 4. The van der Waals surface area contributed by atoms with E-state index in [-0.39, 0.29) is 5.91 Å². The molecule has 0 fully saturated rings. The zero-order valence-corrected chi connectivity index (χ0v) is 16.3. The highest BCUT2D eigenvalue weighted by atomic mass is 32.2. The lowest BCUT2D eigenvalue weighted by Crippen LogP contribution is -2.35. The highest BCUT2D eigenvalue weighted by molar-refractivity contribution is 7.99. The quantitative estimate of drug-likeness (QED) is 0.485. The maximum atomic E-state index is 12.6. The van der Waals surface area contributed by atoms with Crippen molar-refractivity contribution in [2.45, 2.75) is 25.2 Å². The Kier molecular flexibility index (Phi) is 4.87. The van der Waals surface area contributed by atoms with Gasteiger partial charge in [-0.1, -0.05) is 36.0 Å². The molecule has 2 aromatic heterocycles. The number of amides is 1. The van der Waals surface area contributed by atoms with E-state index in [9.17, 15) is 4.79 Å². The van der Waals surface area contributed by atoms with Crippen LogP contribution in [0.1, 0.15) is 24.7 Å². The molecule has 1 amide bonds. The summed E-state index contributed by atoms with van der Waals surface area (Å²) < 4.78 is 12.0. The molecule has 0 saturated heterocycles. The molecular weight excluding hydrogens is 376 g/mol. The molecule has 1 atom stereocenters. The van der Waals surface area contributed by atoms with E-state index in [0.717, 1.165) is 11.3 Å². The van der Waals surface area contributed by atoms with E-state index in [4.69, 9.17) is 9.15 Å². The van der Waals surface area contributed by atoms with Crippen LogP contribution in [0.4, 0.5) is 5.69 Å². The van der Waals surface area contributed by atoms with Crippen LogP contribution in [-0.4, -0.2) is 26.8 Å². The first-order valence-electron chi connectivity index (χ1n) is 8.69. The van der Waals surface area contributed by atoms with Crippen molar-refractivity contribution >= 4 is 23.4 Å². The molecule has 0 radical (unpaired) electrons. The first-order valence-corrected chi connectivity index (χ1v) is 9.67. The number of aromatic nitrogens is 3. The highest BCUT2D eigenvalue weighted by Gasteiger charge is 2.36. The van der Waals surface area contributed by atoms with E-state index < -0.39 is 6.23 Å². The number of fused-ring (bicyclic) bond motifs is 3. The summed E-state index contributed by atoms with van der Waals surface area (Å²) in [6.07, 6.45) is 0.962. The summed E-state index contributed by atoms with van der Waals surface area (Å²) >= 11 is 1.40. The number of carbonyl (C=O) groups excluding carboxylic acids is 1. The number of benzene rings is 1. The molecule has 7 nitrogen and oxygen atoms in total. The van der Waals surface area contributed by atoms with Gasteiger partial charge < -0.3 is 9.15 Å². The van der Waals surface area contributed by atoms with Crippen LogP contribution in [0.15, 0.2) is 58.6 Å². The van der Waals surface area contributed by atoms with Gasteiger partial charge in [0.15, 0.2) is 11.5 Å². The standard InChI is InChI=1S/C20H18N4O3S/c1-4-11-28-20-21-18-17(22-23-20)14-7-5-6-8-15(14)24(13(3)25)19(27-18)16-10-9-12(2)26-16/h4-10,19H,1,11H2,2-3H3/t19-/m0/s1. The van der Waals surface area contributed by atoms with Crippen LogP contribution < -0.4 is 9.64 Å². The van der Waals surface area contributed by atoms with Gasteiger partial charge in [0.25, 0.3) is 0 Å². The molecular formula is C20H18N4O3S. The molecule has 3 heterocycles. The number of aryl methyl sites for hydroxylation is 1. The van der Waals surface area contributed by atoms with Crippen molar-refractivity contribution in [1.29, 1.82) is 0 Å². The molecule has 0 unspecified atom stereocenters. The zero-order chi connectivity index (χ0) is 19.7. The van der Waals surface area contributed by atoms with Gasteiger partial charge in [0.05, 0.1) is 5.69 Å². The van der Waals surface area contributed by atoms with E-state index in [1.807, 2.05) is 37.3 Å². The second kappa shape index (κ2) is 7.47. The summed E-state index contributed by atoms with van der Waals surface area (Å²) in [7, 11) is 0. The Morgan fingerprint density at radius 3 is 2.82 bits per heavy atom. The predicted molar refractivity (Wildman–Crippen MR) is 106 cm³/mol. The maximum Gasteiger partial charge on any atom is 0.247 e. The molecule has 0 N–H and O–H groups in total. The minimum Gasteiger partial charge on any atom is -0.460 e. The predicted octanol–water partition coefficient (Wildman–Crippen LogP) is 4.16. The van der Waals surface area contributed by atoms with E-state index in [1.165, 1.54) is 18.7 Å². The van der Waals surface area contributed by atoms with Crippen molar-refractivity contribution in [3.8, 4) is 17.1 Å². The van der Waals surface area contributed by atoms with Crippen LogP contribution in [0.5, 0.6) is 5.88 Å². The summed E-state index contributed by atoms with van der Waals surface area (Å²) in [6.45, 7) is 7.04. The number of hydrogen-bond acceptors (Lipinski definition) is 7. The molecule has 0 spiro atoms. The smallest absolute Gasteiger partial charge is 0.247 e. The fourth-order valence-corrected chi connectivity index (χ4v) is 3.53. The lowest BCUT2D eigenvalue weighted by Gasteiger charge is -2.28. The highest BCUT2D eigenvalue weighted by Crippen LogP contribution is 2.43. The Morgan fingerprint density at radius 2 is 2.11 bits per heavy atom. The van der Waals surface area contributed by atoms with E-state index >= 15 is 0 Å². The van der Waals surface area contributed by atoms with Gasteiger partial charge in [0, 0.05) is 18.2 Å². The van der Waals surface area contributed by atoms with Crippen LogP contribution >= 0.6 is 11.8 Å². The number of para-hydroxylation sites is 1.